The monoisotopic (exact) mass is 524 g/mol. The number of likely N-dealkylation sites (N-methyl/N-ethyl adjacent to an activating group) is 1. The van der Waals surface area contributed by atoms with Crippen LogP contribution in [0.25, 0.3) is 0 Å². The van der Waals surface area contributed by atoms with Crippen molar-refractivity contribution in [1.29, 1.82) is 0 Å². The highest BCUT2D eigenvalue weighted by Gasteiger charge is 2.26. The van der Waals surface area contributed by atoms with Crippen molar-refractivity contribution < 1.29 is 14.3 Å². The van der Waals surface area contributed by atoms with Gasteiger partial charge in [0.05, 0.1) is 13.7 Å². The van der Waals surface area contributed by atoms with E-state index in [1.54, 1.807) is 21.1 Å². The first kappa shape index (κ1) is 26.4. The minimum absolute atomic E-state index is 0.0810. The number of rotatable bonds is 10. The number of nitrogens with one attached hydrogen (secondary N) is 3. The SMILES string of the molecule is CNCC(=O)N1CCN(c2nc(Sc3ccc(CC(C)=O)cc3)nc(Nc3cc(C)[nH]n3)c2OC)CC1. The van der Waals surface area contributed by atoms with Crippen molar-refractivity contribution in [2.75, 3.05) is 57.1 Å². The molecule has 3 aromatic rings. The van der Waals surface area contributed by atoms with Crippen molar-refractivity contribution in [2.45, 2.75) is 30.3 Å². The Morgan fingerprint density at radius 3 is 2.46 bits per heavy atom. The Labute approximate surface area is 220 Å². The molecule has 0 saturated carbocycles. The van der Waals surface area contributed by atoms with Gasteiger partial charge in [-0.05, 0) is 50.4 Å². The summed E-state index contributed by atoms with van der Waals surface area (Å²) < 4.78 is 5.78. The number of hydrogen-bond donors (Lipinski definition) is 3. The van der Waals surface area contributed by atoms with E-state index in [0.29, 0.717) is 67.5 Å². The first-order valence-electron chi connectivity index (χ1n) is 12.0. The number of benzene rings is 1. The topological polar surface area (TPSA) is 128 Å². The lowest BCUT2D eigenvalue weighted by Crippen LogP contribution is -2.51. The number of Topliss-reactive ketones (excluding diaryl/α,β-unsaturated/α-hetero) is 1. The molecule has 37 heavy (non-hydrogen) atoms. The normalized spacial score (nSPS) is 13.5. The van der Waals surface area contributed by atoms with Crippen LogP contribution >= 0.6 is 11.8 Å². The second-order valence-corrected chi connectivity index (χ2v) is 9.84. The number of carbonyl (C=O) groups excluding carboxylic acids is 2. The molecule has 0 unspecified atom stereocenters. The molecule has 1 aliphatic heterocycles. The average Bonchev–Trinajstić information content (AvgIpc) is 3.29. The summed E-state index contributed by atoms with van der Waals surface area (Å²) in [5.41, 5.74) is 1.88. The van der Waals surface area contributed by atoms with Crippen molar-refractivity contribution in [3.8, 4) is 5.75 Å². The molecule has 2 aromatic heterocycles. The Kier molecular flexibility index (Phi) is 8.62. The third kappa shape index (κ3) is 6.77. The van der Waals surface area contributed by atoms with E-state index in [9.17, 15) is 9.59 Å². The number of hydrogen-bond acceptors (Lipinski definition) is 10. The van der Waals surface area contributed by atoms with Gasteiger partial charge in [0.15, 0.2) is 22.6 Å². The van der Waals surface area contributed by atoms with E-state index >= 15 is 0 Å². The van der Waals surface area contributed by atoms with Gasteiger partial charge < -0.3 is 25.2 Å². The lowest BCUT2D eigenvalue weighted by Gasteiger charge is -2.36. The Hall–Kier alpha value is -3.64. The molecule has 1 aliphatic rings. The third-order valence-electron chi connectivity index (χ3n) is 5.83. The minimum Gasteiger partial charge on any atom is -0.490 e. The van der Waals surface area contributed by atoms with Gasteiger partial charge in [0.2, 0.25) is 11.7 Å². The lowest BCUT2D eigenvalue weighted by atomic mass is 10.1. The van der Waals surface area contributed by atoms with Crippen LogP contribution in [0, 0.1) is 6.92 Å². The number of aryl methyl sites for hydroxylation is 1. The molecule has 0 radical (unpaired) electrons. The van der Waals surface area contributed by atoms with Gasteiger partial charge in [0.25, 0.3) is 0 Å². The number of H-pyrrole nitrogens is 1. The second kappa shape index (κ2) is 12.1. The molecule has 1 saturated heterocycles. The second-order valence-electron chi connectivity index (χ2n) is 8.80. The Morgan fingerprint density at radius 1 is 1.14 bits per heavy atom. The van der Waals surface area contributed by atoms with Crippen LogP contribution < -0.4 is 20.3 Å². The highest BCUT2D eigenvalue weighted by molar-refractivity contribution is 7.99. The highest BCUT2D eigenvalue weighted by atomic mass is 32.2. The quantitative estimate of drug-likeness (QED) is 0.340. The number of carbonyl (C=O) groups is 2. The molecule has 1 aromatic carbocycles. The summed E-state index contributed by atoms with van der Waals surface area (Å²) in [6, 6.07) is 9.70. The molecule has 3 N–H and O–H groups in total. The van der Waals surface area contributed by atoms with Gasteiger partial charge in [-0.1, -0.05) is 12.1 Å². The molecule has 0 atom stereocenters. The van der Waals surface area contributed by atoms with Crippen LogP contribution in [-0.2, 0) is 16.0 Å². The van der Waals surface area contributed by atoms with Crippen LogP contribution in [0.1, 0.15) is 18.2 Å². The summed E-state index contributed by atoms with van der Waals surface area (Å²) in [6.45, 7) is 6.25. The summed E-state index contributed by atoms with van der Waals surface area (Å²) in [4.78, 5) is 38.3. The number of aromatic nitrogens is 4. The Morgan fingerprint density at radius 2 is 1.86 bits per heavy atom. The first-order valence-corrected chi connectivity index (χ1v) is 12.9. The Bertz CT molecular complexity index is 1240. The molecule has 4 rings (SSSR count). The van der Waals surface area contributed by atoms with Gasteiger partial charge in [-0.15, -0.1) is 0 Å². The predicted molar refractivity (Wildman–Crippen MR) is 143 cm³/mol. The third-order valence-corrected chi connectivity index (χ3v) is 6.70. The van der Waals surface area contributed by atoms with Crippen LogP contribution in [0.2, 0.25) is 0 Å². The first-order chi connectivity index (χ1) is 17.9. The average molecular weight is 525 g/mol. The van der Waals surface area contributed by atoms with E-state index < -0.39 is 0 Å². The summed E-state index contributed by atoms with van der Waals surface area (Å²) in [5, 5.41) is 13.9. The molecule has 0 bridgehead atoms. The largest absolute Gasteiger partial charge is 0.490 e. The molecule has 12 heteroatoms. The number of aromatic amines is 1. The van der Waals surface area contributed by atoms with E-state index in [0.717, 1.165) is 16.2 Å². The summed E-state index contributed by atoms with van der Waals surface area (Å²) >= 11 is 1.42. The predicted octanol–water partition coefficient (Wildman–Crippen LogP) is 2.41. The van der Waals surface area contributed by atoms with E-state index in [-0.39, 0.29) is 11.7 Å². The summed E-state index contributed by atoms with van der Waals surface area (Å²) in [5.74, 6) is 2.49. The fourth-order valence-corrected chi connectivity index (χ4v) is 4.81. The molecule has 1 fully saturated rings. The van der Waals surface area contributed by atoms with Crippen molar-refractivity contribution in [3.63, 3.8) is 0 Å². The maximum absolute atomic E-state index is 12.3. The zero-order valence-electron chi connectivity index (χ0n) is 21.5. The summed E-state index contributed by atoms with van der Waals surface area (Å²) in [7, 11) is 3.36. The number of ketones is 1. The number of amides is 1. The molecule has 196 valence electrons. The van der Waals surface area contributed by atoms with Crippen LogP contribution in [0.15, 0.2) is 40.4 Å². The van der Waals surface area contributed by atoms with Crippen LogP contribution in [-0.4, -0.2) is 83.6 Å². The van der Waals surface area contributed by atoms with E-state index in [1.165, 1.54) is 11.8 Å². The number of nitrogens with zero attached hydrogens (tertiary/aromatic N) is 5. The zero-order valence-corrected chi connectivity index (χ0v) is 22.3. The fourth-order valence-electron chi connectivity index (χ4n) is 4.05. The molecule has 0 aliphatic carbocycles. The molecular formula is C25H32N8O3S. The van der Waals surface area contributed by atoms with Gasteiger partial charge in [0, 0.05) is 49.3 Å². The lowest BCUT2D eigenvalue weighted by molar-refractivity contribution is -0.130. The molecule has 0 spiro atoms. The van der Waals surface area contributed by atoms with Gasteiger partial charge in [-0.25, -0.2) is 9.97 Å². The zero-order chi connectivity index (χ0) is 26.4. The molecule has 3 heterocycles. The van der Waals surface area contributed by atoms with Crippen LogP contribution in [0.4, 0.5) is 17.5 Å². The highest BCUT2D eigenvalue weighted by Crippen LogP contribution is 2.38. The fraction of sp³-hybridized carbons (Fsp3) is 0.400. The maximum Gasteiger partial charge on any atom is 0.236 e. The van der Waals surface area contributed by atoms with Crippen molar-refractivity contribution >= 4 is 40.9 Å². The van der Waals surface area contributed by atoms with Gasteiger partial charge in [-0.2, -0.15) is 5.10 Å². The molecule has 11 nitrogen and oxygen atoms in total. The minimum atomic E-state index is 0.0810. The number of anilines is 3. The van der Waals surface area contributed by atoms with Crippen LogP contribution in [0.5, 0.6) is 5.75 Å². The number of ether oxygens (including phenoxy) is 1. The van der Waals surface area contributed by atoms with Crippen molar-refractivity contribution in [3.05, 3.63) is 41.6 Å². The summed E-state index contributed by atoms with van der Waals surface area (Å²) in [6.07, 6.45) is 0.411. The molecular weight excluding hydrogens is 492 g/mol. The van der Waals surface area contributed by atoms with E-state index in [4.69, 9.17) is 14.7 Å². The van der Waals surface area contributed by atoms with E-state index in [1.807, 2.05) is 42.2 Å². The van der Waals surface area contributed by atoms with Gasteiger partial charge >= 0.3 is 0 Å². The van der Waals surface area contributed by atoms with Crippen molar-refractivity contribution in [2.24, 2.45) is 0 Å². The number of methoxy groups -OCH3 is 1. The van der Waals surface area contributed by atoms with E-state index in [2.05, 4.69) is 25.7 Å². The standard InChI is InChI=1S/C25H32N8O3S/c1-16-13-20(31-30-16)27-23-22(36-4)24(33-11-9-32(10-12-33)21(35)15-26-3)29-25(28-23)37-19-7-5-18(6-8-19)14-17(2)34/h5-8,13,26H,9-12,14-15H2,1-4H3,(H2,27,28,29,30,31). The van der Waals surface area contributed by atoms with Crippen LogP contribution in [0.3, 0.4) is 0 Å². The Balaban J connectivity index is 1.63. The number of piperazine rings is 1. The smallest absolute Gasteiger partial charge is 0.236 e. The molecule has 1 amide bonds. The van der Waals surface area contributed by atoms with Gasteiger partial charge in [0.1, 0.15) is 5.78 Å². The van der Waals surface area contributed by atoms with Gasteiger partial charge in [-0.3, -0.25) is 14.7 Å². The van der Waals surface area contributed by atoms with Crippen molar-refractivity contribution in [1.82, 2.24) is 30.4 Å². The maximum atomic E-state index is 12.3.